The lowest BCUT2D eigenvalue weighted by atomic mass is 10.0. The van der Waals surface area contributed by atoms with E-state index in [1.807, 2.05) is 30.3 Å². The second-order valence-corrected chi connectivity index (χ2v) is 6.09. The van der Waals surface area contributed by atoms with Crippen LogP contribution in [0.3, 0.4) is 0 Å². The van der Waals surface area contributed by atoms with Crippen LogP contribution in [0.4, 0.5) is 5.69 Å². The van der Waals surface area contributed by atoms with Gasteiger partial charge >= 0.3 is 0 Å². The molecule has 2 aromatic rings. The van der Waals surface area contributed by atoms with Gasteiger partial charge in [-0.05, 0) is 24.3 Å². The van der Waals surface area contributed by atoms with E-state index in [4.69, 9.17) is 5.73 Å². The van der Waals surface area contributed by atoms with Gasteiger partial charge in [0.15, 0.2) is 0 Å². The van der Waals surface area contributed by atoms with E-state index in [1.54, 1.807) is 0 Å². The molecule has 4 heteroatoms. The molecule has 0 saturated heterocycles. The van der Waals surface area contributed by atoms with Crippen LogP contribution in [-0.2, 0) is 0 Å². The Balaban J connectivity index is 2.38. The molecule has 0 spiro atoms. The molecule has 0 bridgehead atoms. The monoisotopic (exact) mass is 348 g/mol. The van der Waals surface area contributed by atoms with Gasteiger partial charge in [-0.25, -0.2) is 0 Å². The van der Waals surface area contributed by atoms with E-state index in [9.17, 15) is 4.79 Å². The molecule has 112 valence electrons. The van der Waals surface area contributed by atoms with Crippen molar-refractivity contribution in [3.8, 4) is 0 Å². The van der Waals surface area contributed by atoms with Gasteiger partial charge in [0.05, 0.1) is 11.3 Å². The molecule has 0 radical (unpaired) electrons. The first-order valence-electron chi connectivity index (χ1n) is 7.36. The zero-order chi connectivity index (χ0) is 15.4. The Labute approximate surface area is 134 Å². The Morgan fingerprint density at radius 2 is 1.95 bits per heavy atom. The number of fused-ring (bicyclic) bond motifs is 1. The molecule has 0 fully saturated rings. The molecule has 3 nitrogen and oxygen atoms in total. The van der Waals surface area contributed by atoms with Crippen molar-refractivity contribution in [2.45, 2.75) is 39.2 Å². The van der Waals surface area contributed by atoms with Crippen LogP contribution in [0, 0.1) is 0 Å². The smallest absolute Gasteiger partial charge is 0.253 e. The van der Waals surface area contributed by atoms with Crippen molar-refractivity contribution < 1.29 is 4.79 Å². The number of carbonyl (C=O) groups is 1. The van der Waals surface area contributed by atoms with Crippen molar-refractivity contribution in [2.75, 3.05) is 5.73 Å². The molecule has 21 heavy (non-hydrogen) atoms. The molecule has 0 aromatic heterocycles. The van der Waals surface area contributed by atoms with Crippen molar-refractivity contribution >= 4 is 38.3 Å². The number of nitrogens with one attached hydrogen (secondary N) is 1. The SMILES string of the molecule is CCCC(CC)NC(=O)c1cc(Br)c2ccccc2c1N. The molecule has 3 N–H and O–H groups in total. The largest absolute Gasteiger partial charge is 0.398 e. The van der Waals surface area contributed by atoms with Crippen LogP contribution in [0.2, 0.25) is 0 Å². The van der Waals surface area contributed by atoms with Crippen molar-refractivity contribution in [3.63, 3.8) is 0 Å². The van der Waals surface area contributed by atoms with Gasteiger partial charge in [-0.1, -0.05) is 60.5 Å². The first-order valence-corrected chi connectivity index (χ1v) is 8.15. The Morgan fingerprint density at radius 3 is 2.57 bits per heavy atom. The fraction of sp³-hybridized carbons (Fsp3) is 0.353. The van der Waals surface area contributed by atoms with Crippen LogP contribution in [-0.4, -0.2) is 11.9 Å². The zero-order valence-electron chi connectivity index (χ0n) is 12.4. The lowest BCUT2D eigenvalue weighted by molar-refractivity contribution is 0.0934. The highest BCUT2D eigenvalue weighted by molar-refractivity contribution is 9.10. The van der Waals surface area contributed by atoms with E-state index >= 15 is 0 Å². The number of hydrogen-bond donors (Lipinski definition) is 2. The van der Waals surface area contributed by atoms with Crippen molar-refractivity contribution in [3.05, 3.63) is 40.4 Å². The summed E-state index contributed by atoms with van der Waals surface area (Å²) in [5, 5.41) is 5.00. The summed E-state index contributed by atoms with van der Waals surface area (Å²) in [4.78, 5) is 12.5. The molecule has 0 aliphatic carbocycles. The topological polar surface area (TPSA) is 55.1 Å². The molecule has 2 rings (SSSR count). The number of benzene rings is 2. The molecule has 0 aliphatic rings. The minimum Gasteiger partial charge on any atom is -0.398 e. The standard InChI is InChI=1S/C17H21BrN2O/c1-3-7-11(4-2)20-17(21)14-10-15(18)12-8-5-6-9-13(12)16(14)19/h5-6,8-11H,3-4,7,19H2,1-2H3,(H,20,21). The van der Waals surface area contributed by atoms with Gasteiger partial charge in [0, 0.05) is 15.9 Å². The van der Waals surface area contributed by atoms with Gasteiger partial charge in [-0.2, -0.15) is 0 Å². The van der Waals surface area contributed by atoms with Crippen LogP contribution < -0.4 is 11.1 Å². The maximum atomic E-state index is 12.5. The Bertz CT molecular complexity index is 655. The molecular weight excluding hydrogens is 328 g/mol. The number of nitrogen functional groups attached to an aromatic ring is 1. The second kappa shape index (κ2) is 6.94. The first kappa shape index (κ1) is 15.8. The van der Waals surface area contributed by atoms with Gasteiger partial charge in [0.25, 0.3) is 5.91 Å². The molecule has 2 aromatic carbocycles. The van der Waals surface area contributed by atoms with E-state index in [-0.39, 0.29) is 11.9 Å². The van der Waals surface area contributed by atoms with Gasteiger partial charge in [-0.15, -0.1) is 0 Å². The third-order valence-electron chi connectivity index (χ3n) is 3.75. The quantitative estimate of drug-likeness (QED) is 0.782. The summed E-state index contributed by atoms with van der Waals surface area (Å²) in [6.07, 6.45) is 2.96. The van der Waals surface area contributed by atoms with Gasteiger partial charge in [0.2, 0.25) is 0 Å². The fourth-order valence-corrected chi connectivity index (χ4v) is 3.11. The fourth-order valence-electron chi connectivity index (χ4n) is 2.53. The van der Waals surface area contributed by atoms with E-state index in [1.165, 1.54) is 0 Å². The molecule has 0 heterocycles. The van der Waals surface area contributed by atoms with E-state index in [0.29, 0.717) is 11.3 Å². The van der Waals surface area contributed by atoms with Gasteiger partial charge < -0.3 is 11.1 Å². The van der Waals surface area contributed by atoms with Crippen LogP contribution in [0.15, 0.2) is 34.8 Å². The van der Waals surface area contributed by atoms with Crippen LogP contribution in [0.5, 0.6) is 0 Å². The summed E-state index contributed by atoms with van der Waals surface area (Å²) in [7, 11) is 0. The Hall–Kier alpha value is -1.55. The normalized spacial score (nSPS) is 12.3. The Kier molecular flexibility index (Phi) is 5.23. The summed E-state index contributed by atoms with van der Waals surface area (Å²) in [5.41, 5.74) is 7.27. The minimum atomic E-state index is -0.0979. The zero-order valence-corrected chi connectivity index (χ0v) is 14.0. The van der Waals surface area contributed by atoms with Crippen LogP contribution in [0.25, 0.3) is 10.8 Å². The summed E-state index contributed by atoms with van der Waals surface area (Å²) in [5.74, 6) is -0.0979. The average molecular weight is 349 g/mol. The molecule has 1 unspecified atom stereocenters. The van der Waals surface area contributed by atoms with E-state index < -0.39 is 0 Å². The predicted molar refractivity (Wildman–Crippen MR) is 92.5 cm³/mol. The molecule has 0 saturated carbocycles. The highest BCUT2D eigenvalue weighted by Gasteiger charge is 2.17. The summed E-state index contributed by atoms with van der Waals surface area (Å²) >= 11 is 3.53. The van der Waals surface area contributed by atoms with E-state index in [2.05, 4.69) is 35.1 Å². The number of rotatable bonds is 5. The average Bonchev–Trinajstić information content (AvgIpc) is 2.50. The molecule has 1 atom stereocenters. The lowest BCUT2D eigenvalue weighted by Crippen LogP contribution is -2.34. The summed E-state index contributed by atoms with van der Waals surface area (Å²) < 4.78 is 0.890. The van der Waals surface area contributed by atoms with Crippen LogP contribution in [0.1, 0.15) is 43.5 Å². The summed E-state index contributed by atoms with van der Waals surface area (Å²) in [6, 6.07) is 9.83. The van der Waals surface area contributed by atoms with Crippen molar-refractivity contribution in [2.24, 2.45) is 0 Å². The predicted octanol–water partition coefficient (Wildman–Crippen LogP) is 4.49. The number of amides is 1. The van der Waals surface area contributed by atoms with Crippen LogP contribution >= 0.6 is 15.9 Å². The highest BCUT2D eigenvalue weighted by atomic mass is 79.9. The number of carbonyl (C=O) groups excluding carboxylic acids is 1. The number of halogens is 1. The molecule has 0 aliphatic heterocycles. The highest BCUT2D eigenvalue weighted by Crippen LogP contribution is 2.31. The molecular formula is C17H21BrN2O. The second-order valence-electron chi connectivity index (χ2n) is 5.23. The van der Waals surface area contributed by atoms with Gasteiger partial charge in [0.1, 0.15) is 0 Å². The molecule has 1 amide bonds. The summed E-state index contributed by atoms with van der Waals surface area (Å²) in [6.45, 7) is 4.20. The lowest BCUT2D eigenvalue weighted by Gasteiger charge is -2.18. The third-order valence-corrected chi connectivity index (χ3v) is 4.40. The van der Waals surface area contributed by atoms with Crippen molar-refractivity contribution in [1.29, 1.82) is 0 Å². The van der Waals surface area contributed by atoms with E-state index in [0.717, 1.165) is 34.5 Å². The van der Waals surface area contributed by atoms with Crippen molar-refractivity contribution in [1.82, 2.24) is 5.32 Å². The maximum Gasteiger partial charge on any atom is 0.253 e. The number of hydrogen-bond acceptors (Lipinski definition) is 2. The number of anilines is 1. The Morgan fingerprint density at radius 1 is 1.29 bits per heavy atom. The third kappa shape index (κ3) is 3.38. The minimum absolute atomic E-state index is 0.0979. The maximum absolute atomic E-state index is 12.5. The van der Waals surface area contributed by atoms with Gasteiger partial charge in [-0.3, -0.25) is 4.79 Å². The number of nitrogens with two attached hydrogens (primary N) is 1. The first-order chi connectivity index (χ1) is 10.1.